The molecular formula is C16H27IO3P-. The van der Waals surface area contributed by atoms with Gasteiger partial charge >= 0.3 is 31.1 Å². The second-order valence-electron chi connectivity index (χ2n) is 4.86. The average molecular weight is 425 g/mol. The van der Waals surface area contributed by atoms with E-state index in [2.05, 4.69) is 9.86 Å². The van der Waals surface area contributed by atoms with Gasteiger partial charge in [0.2, 0.25) is 8.38 Å². The molecule has 0 amide bonds. The number of aldehydes is 1. The molecule has 0 aliphatic carbocycles. The van der Waals surface area contributed by atoms with E-state index in [1.165, 1.54) is 0 Å². The molecule has 0 atom stereocenters. The van der Waals surface area contributed by atoms with Gasteiger partial charge < -0.3 is 13.8 Å². The molecule has 0 spiro atoms. The standard InChI is InChI=1S/C14H21O3P.C2H6I/c1-5-16-18(17-6-2)13-9-7-12(8-10-13)14(3,4)11-15;1-3-2/h7-11H,5-6H2,1-4H3;1-2H3/q;-1. The van der Waals surface area contributed by atoms with E-state index in [0.29, 0.717) is 34.4 Å². The van der Waals surface area contributed by atoms with Crippen molar-refractivity contribution < 1.29 is 35.0 Å². The molecule has 0 bridgehead atoms. The van der Waals surface area contributed by atoms with Gasteiger partial charge in [-0.1, -0.05) is 12.1 Å². The molecule has 21 heavy (non-hydrogen) atoms. The Bertz CT molecular complexity index is 387. The Morgan fingerprint density at radius 2 is 1.52 bits per heavy atom. The molecule has 5 heteroatoms. The molecule has 0 aromatic heterocycles. The summed E-state index contributed by atoms with van der Waals surface area (Å²) in [4.78, 5) is 15.5. The van der Waals surface area contributed by atoms with Crippen LogP contribution in [-0.4, -0.2) is 29.4 Å². The molecule has 0 unspecified atom stereocenters. The first-order chi connectivity index (χ1) is 9.96. The van der Waals surface area contributed by atoms with Crippen LogP contribution in [0.4, 0.5) is 0 Å². The molecule has 1 aromatic rings. The van der Waals surface area contributed by atoms with Crippen LogP contribution in [0, 0.1) is 0 Å². The predicted octanol–water partition coefficient (Wildman–Crippen LogP) is 0.508. The van der Waals surface area contributed by atoms with E-state index < -0.39 is 13.8 Å². The number of halogens is 1. The molecule has 122 valence electrons. The quantitative estimate of drug-likeness (QED) is 0.277. The summed E-state index contributed by atoms with van der Waals surface area (Å²) in [7, 11) is -0.997. The van der Waals surface area contributed by atoms with Crippen molar-refractivity contribution >= 4 is 20.0 Å². The number of hydrogen-bond donors (Lipinski definition) is 0. The Balaban J connectivity index is 0.00000122. The zero-order chi connectivity index (χ0) is 16.3. The third kappa shape index (κ3) is 7.68. The molecule has 1 aromatic carbocycles. The summed E-state index contributed by atoms with van der Waals surface area (Å²) in [6, 6.07) is 7.91. The monoisotopic (exact) mass is 425 g/mol. The van der Waals surface area contributed by atoms with Crippen molar-refractivity contribution in [3.05, 3.63) is 29.8 Å². The number of benzene rings is 1. The first-order valence-electron chi connectivity index (χ1n) is 6.93. The van der Waals surface area contributed by atoms with Gasteiger partial charge in [-0.05, 0) is 45.4 Å². The topological polar surface area (TPSA) is 35.5 Å². The van der Waals surface area contributed by atoms with Crippen molar-refractivity contribution in [3.8, 4) is 0 Å². The van der Waals surface area contributed by atoms with Gasteiger partial charge in [0, 0.05) is 10.7 Å². The molecule has 1 rings (SSSR count). The van der Waals surface area contributed by atoms with Gasteiger partial charge in [-0.25, -0.2) is 0 Å². The molecule has 0 saturated carbocycles. The minimum atomic E-state index is -0.997. The van der Waals surface area contributed by atoms with Crippen molar-refractivity contribution in [1.29, 1.82) is 0 Å². The van der Waals surface area contributed by atoms with Gasteiger partial charge in [0.1, 0.15) is 6.29 Å². The van der Waals surface area contributed by atoms with Crippen LogP contribution in [0.3, 0.4) is 0 Å². The predicted molar refractivity (Wildman–Crippen MR) is 87.2 cm³/mol. The molecule has 3 nitrogen and oxygen atoms in total. The summed E-state index contributed by atoms with van der Waals surface area (Å²) in [6.45, 7) is 8.99. The maximum absolute atomic E-state index is 11.0. The molecule has 0 aliphatic rings. The first-order valence-corrected chi connectivity index (χ1v) is 12.4. The fourth-order valence-electron chi connectivity index (χ4n) is 1.50. The molecule has 0 N–H and O–H groups in total. The molecule has 0 saturated heterocycles. The number of alkyl halides is 2. The summed E-state index contributed by atoms with van der Waals surface area (Å²) >= 11 is 0.590. The fourth-order valence-corrected chi connectivity index (χ4v) is 2.74. The normalized spacial score (nSPS) is 11.2. The third-order valence-electron chi connectivity index (χ3n) is 2.61. The second kappa shape index (κ2) is 11.5. The van der Waals surface area contributed by atoms with E-state index in [0.717, 1.165) is 17.2 Å². The van der Waals surface area contributed by atoms with Crippen LogP contribution < -0.4 is 26.5 Å². The molecule has 0 radical (unpaired) electrons. The van der Waals surface area contributed by atoms with Crippen LogP contribution in [0.2, 0.25) is 0 Å². The summed E-state index contributed by atoms with van der Waals surface area (Å²) < 4.78 is 11.2. The zero-order valence-corrected chi connectivity index (χ0v) is 16.9. The van der Waals surface area contributed by atoms with Crippen LogP contribution in [0.15, 0.2) is 24.3 Å². The SMILES string of the molecule is CCOP(OCC)c1ccc(C(C)(C)C=O)cc1.C[I-]C. The first kappa shape index (κ1) is 21.0. The summed E-state index contributed by atoms with van der Waals surface area (Å²) in [5.74, 6) is 0. The Labute approximate surface area is 141 Å². The van der Waals surface area contributed by atoms with E-state index >= 15 is 0 Å². The molecular weight excluding hydrogens is 398 g/mol. The van der Waals surface area contributed by atoms with Crippen molar-refractivity contribution in [3.63, 3.8) is 0 Å². The Kier molecular flexibility index (Phi) is 11.5. The summed E-state index contributed by atoms with van der Waals surface area (Å²) in [5.41, 5.74) is 0.558. The Morgan fingerprint density at radius 1 is 1.10 bits per heavy atom. The summed E-state index contributed by atoms with van der Waals surface area (Å²) in [6.07, 6.45) is 0.968. The van der Waals surface area contributed by atoms with Gasteiger partial charge in [0.15, 0.2) is 0 Å². The van der Waals surface area contributed by atoms with Crippen LogP contribution >= 0.6 is 8.38 Å². The van der Waals surface area contributed by atoms with Crippen LogP contribution in [0.5, 0.6) is 0 Å². The molecule has 0 fully saturated rings. The van der Waals surface area contributed by atoms with Crippen molar-refractivity contribution in [1.82, 2.24) is 0 Å². The van der Waals surface area contributed by atoms with Gasteiger partial charge in [0.05, 0.1) is 13.2 Å². The van der Waals surface area contributed by atoms with Gasteiger partial charge in [-0.2, -0.15) is 0 Å². The van der Waals surface area contributed by atoms with E-state index in [9.17, 15) is 4.79 Å². The van der Waals surface area contributed by atoms with Crippen molar-refractivity contribution in [2.24, 2.45) is 0 Å². The van der Waals surface area contributed by atoms with E-state index in [1.807, 2.05) is 52.0 Å². The van der Waals surface area contributed by atoms with E-state index in [1.54, 1.807) is 0 Å². The van der Waals surface area contributed by atoms with Gasteiger partial charge in [-0.15, -0.1) is 0 Å². The number of hydrogen-bond acceptors (Lipinski definition) is 3. The van der Waals surface area contributed by atoms with Crippen molar-refractivity contribution in [2.75, 3.05) is 23.1 Å². The van der Waals surface area contributed by atoms with Gasteiger partial charge in [-0.3, -0.25) is 0 Å². The third-order valence-corrected chi connectivity index (χ3v) is 4.31. The average Bonchev–Trinajstić information content (AvgIpc) is 2.48. The molecule has 0 heterocycles. The Morgan fingerprint density at radius 3 is 1.86 bits per heavy atom. The van der Waals surface area contributed by atoms with E-state index in [4.69, 9.17) is 9.05 Å². The fraction of sp³-hybridized carbons (Fsp3) is 0.562. The van der Waals surface area contributed by atoms with Gasteiger partial charge in [0.25, 0.3) is 0 Å². The summed E-state index contributed by atoms with van der Waals surface area (Å²) in [5, 5.41) is 1.04. The van der Waals surface area contributed by atoms with Crippen LogP contribution in [-0.2, 0) is 19.3 Å². The molecule has 0 aliphatic heterocycles. The number of carbonyl (C=O) groups is 1. The minimum absolute atomic E-state index is 0.446. The van der Waals surface area contributed by atoms with Crippen LogP contribution in [0.25, 0.3) is 0 Å². The van der Waals surface area contributed by atoms with Crippen molar-refractivity contribution in [2.45, 2.75) is 33.1 Å². The number of rotatable bonds is 7. The number of carbonyl (C=O) groups excluding carboxylic acids is 1. The van der Waals surface area contributed by atoms with E-state index in [-0.39, 0.29) is 0 Å². The maximum atomic E-state index is 11.0. The van der Waals surface area contributed by atoms with Crippen LogP contribution in [0.1, 0.15) is 33.3 Å². The Hall–Kier alpha value is -0.0300. The zero-order valence-electron chi connectivity index (χ0n) is 13.9. The second-order valence-corrected chi connectivity index (χ2v) is 8.56.